The van der Waals surface area contributed by atoms with Crippen LogP contribution in [0.25, 0.3) is 0 Å². The molecule has 2 heterocycles. The Kier molecular flexibility index (Phi) is 4.23. The SMILES string of the molecule is COc1ccc(N2C(=N)c3ccoc3NC2c2ccc(F)c(C(N)=O)c2)cc1. The lowest BCUT2D eigenvalue weighted by molar-refractivity contribution is 0.0996. The number of carbonyl (C=O) groups is 1. The molecule has 1 aliphatic heterocycles. The average molecular weight is 380 g/mol. The molecule has 8 heteroatoms. The summed E-state index contributed by atoms with van der Waals surface area (Å²) in [6.07, 6.45) is 0.874. The third-order valence-electron chi connectivity index (χ3n) is 4.61. The molecule has 1 aliphatic rings. The Balaban J connectivity index is 1.84. The minimum atomic E-state index is -0.861. The first-order valence-electron chi connectivity index (χ1n) is 8.45. The fourth-order valence-corrected chi connectivity index (χ4v) is 3.21. The molecular formula is C20H17FN4O3. The topological polar surface area (TPSA) is 105 Å². The van der Waals surface area contributed by atoms with Gasteiger partial charge in [0.05, 0.1) is 24.5 Å². The van der Waals surface area contributed by atoms with Crippen molar-refractivity contribution in [1.29, 1.82) is 5.41 Å². The fourth-order valence-electron chi connectivity index (χ4n) is 3.21. The van der Waals surface area contributed by atoms with Crippen LogP contribution in [0, 0.1) is 11.2 Å². The molecule has 1 atom stereocenters. The molecule has 7 nitrogen and oxygen atoms in total. The smallest absolute Gasteiger partial charge is 0.251 e. The van der Waals surface area contributed by atoms with Gasteiger partial charge in [0.1, 0.15) is 23.6 Å². The molecule has 0 saturated heterocycles. The van der Waals surface area contributed by atoms with Crippen LogP contribution in [0.3, 0.4) is 0 Å². The highest BCUT2D eigenvalue weighted by molar-refractivity contribution is 6.13. The number of rotatable bonds is 4. The second kappa shape index (κ2) is 6.73. The van der Waals surface area contributed by atoms with Gasteiger partial charge in [-0.15, -0.1) is 0 Å². The Morgan fingerprint density at radius 3 is 2.68 bits per heavy atom. The average Bonchev–Trinajstić information content (AvgIpc) is 3.17. The zero-order valence-corrected chi connectivity index (χ0v) is 14.9. The number of ether oxygens (including phenoxy) is 1. The highest BCUT2D eigenvalue weighted by Crippen LogP contribution is 2.38. The maximum atomic E-state index is 13.9. The maximum Gasteiger partial charge on any atom is 0.251 e. The number of methoxy groups -OCH3 is 1. The van der Waals surface area contributed by atoms with E-state index in [4.69, 9.17) is 20.3 Å². The van der Waals surface area contributed by atoms with Crippen molar-refractivity contribution in [2.45, 2.75) is 6.17 Å². The van der Waals surface area contributed by atoms with Crippen molar-refractivity contribution in [1.82, 2.24) is 0 Å². The molecular weight excluding hydrogens is 363 g/mol. The summed E-state index contributed by atoms with van der Waals surface area (Å²) in [6.45, 7) is 0. The Morgan fingerprint density at radius 1 is 1.25 bits per heavy atom. The lowest BCUT2D eigenvalue weighted by Crippen LogP contribution is -2.42. The molecule has 0 bridgehead atoms. The monoisotopic (exact) mass is 380 g/mol. The van der Waals surface area contributed by atoms with Gasteiger partial charge in [-0.2, -0.15) is 0 Å². The lowest BCUT2D eigenvalue weighted by Gasteiger charge is -2.38. The Bertz CT molecular complexity index is 1060. The summed E-state index contributed by atoms with van der Waals surface area (Å²) in [5.41, 5.74) is 6.92. The number of anilines is 2. The predicted octanol–water partition coefficient (Wildman–Crippen LogP) is 3.48. The summed E-state index contributed by atoms with van der Waals surface area (Å²) in [6, 6.07) is 13.0. The second-order valence-corrected chi connectivity index (χ2v) is 6.23. The van der Waals surface area contributed by atoms with Gasteiger partial charge in [-0.3, -0.25) is 10.2 Å². The van der Waals surface area contributed by atoms with Crippen molar-refractivity contribution in [3.8, 4) is 5.75 Å². The number of amides is 1. The van der Waals surface area contributed by atoms with Crippen LogP contribution in [-0.2, 0) is 0 Å². The number of nitrogens with two attached hydrogens (primary N) is 1. The molecule has 4 N–H and O–H groups in total. The minimum absolute atomic E-state index is 0.197. The number of hydrogen-bond acceptors (Lipinski definition) is 5. The first-order valence-corrected chi connectivity index (χ1v) is 8.45. The molecule has 0 saturated carbocycles. The molecule has 28 heavy (non-hydrogen) atoms. The standard InChI is InChI=1S/C20H17FN4O3/c1-27-13-5-3-12(4-6-13)25-17(22)14-8-9-28-20(14)24-19(25)11-2-7-16(21)15(10-11)18(23)26/h2-10,19,22,24H,1H3,(H2,23,26). The number of nitrogens with zero attached hydrogens (tertiary/aromatic N) is 1. The van der Waals surface area contributed by atoms with Crippen LogP contribution in [0.1, 0.15) is 27.7 Å². The summed E-state index contributed by atoms with van der Waals surface area (Å²) in [5.74, 6) is -0.261. The summed E-state index contributed by atoms with van der Waals surface area (Å²) in [7, 11) is 1.57. The molecule has 1 aromatic heterocycles. The molecule has 1 unspecified atom stereocenters. The lowest BCUT2D eigenvalue weighted by atomic mass is 10.0. The minimum Gasteiger partial charge on any atom is -0.497 e. The molecule has 0 spiro atoms. The molecule has 0 aliphatic carbocycles. The van der Waals surface area contributed by atoms with E-state index in [1.807, 2.05) is 12.1 Å². The van der Waals surface area contributed by atoms with Crippen molar-refractivity contribution < 1.29 is 18.3 Å². The van der Waals surface area contributed by atoms with Gasteiger partial charge in [-0.05, 0) is 48.0 Å². The highest BCUT2D eigenvalue weighted by Gasteiger charge is 2.34. The number of fused-ring (bicyclic) bond motifs is 1. The number of amidine groups is 1. The van der Waals surface area contributed by atoms with Gasteiger partial charge in [-0.25, -0.2) is 4.39 Å². The van der Waals surface area contributed by atoms with E-state index in [1.165, 1.54) is 24.5 Å². The van der Waals surface area contributed by atoms with Crippen LogP contribution in [0.2, 0.25) is 0 Å². The molecule has 4 rings (SSSR count). The van der Waals surface area contributed by atoms with Gasteiger partial charge in [0.2, 0.25) is 5.88 Å². The molecule has 1 amide bonds. The predicted molar refractivity (Wildman–Crippen MR) is 102 cm³/mol. The van der Waals surface area contributed by atoms with Crippen LogP contribution in [0.4, 0.5) is 16.0 Å². The van der Waals surface area contributed by atoms with Crippen molar-refractivity contribution in [2.24, 2.45) is 5.73 Å². The molecule has 2 aromatic carbocycles. The van der Waals surface area contributed by atoms with E-state index < -0.39 is 17.9 Å². The zero-order chi connectivity index (χ0) is 19.8. The number of benzene rings is 2. The Morgan fingerprint density at radius 2 is 2.00 bits per heavy atom. The van der Waals surface area contributed by atoms with Crippen molar-refractivity contribution in [3.05, 3.63) is 77.3 Å². The Labute approximate surface area is 160 Å². The molecule has 0 radical (unpaired) electrons. The van der Waals surface area contributed by atoms with Gasteiger partial charge in [0, 0.05) is 5.69 Å². The van der Waals surface area contributed by atoms with Crippen LogP contribution >= 0.6 is 0 Å². The summed E-state index contributed by atoms with van der Waals surface area (Å²) in [4.78, 5) is 13.3. The molecule has 3 aromatic rings. The quantitative estimate of drug-likeness (QED) is 0.643. The van der Waals surface area contributed by atoms with Crippen molar-refractivity contribution in [3.63, 3.8) is 0 Å². The Hall–Kier alpha value is -3.81. The number of primary amides is 1. The van der Waals surface area contributed by atoms with Gasteiger partial charge in [0.25, 0.3) is 5.91 Å². The van der Waals surface area contributed by atoms with Gasteiger partial charge < -0.3 is 25.1 Å². The number of furan rings is 1. The summed E-state index contributed by atoms with van der Waals surface area (Å²) < 4.78 is 24.6. The van der Waals surface area contributed by atoms with E-state index in [9.17, 15) is 9.18 Å². The van der Waals surface area contributed by atoms with Crippen LogP contribution in [0.15, 0.2) is 59.2 Å². The van der Waals surface area contributed by atoms with E-state index in [1.54, 1.807) is 30.2 Å². The van der Waals surface area contributed by atoms with E-state index in [-0.39, 0.29) is 11.4 Å². The number of carbonyl (C=O) groups excluding carboxylic acids is 1. The van der Waals surface area contributed by atoms with Gasteiger partial charge in [0.15, 0.2) is 0 Å². The zero-order valence-electron chi connectivity index (χ0n) is 14.9. The molecule has 0 fully saturated rings. The van der Waals surface area contributed by atoms with Gasteiger partial charge in [-0.1, -0.05) is 6.07 Å². The summed E-state index contributed by atoms with van der Waals surface area (Å²) >= 11 is 0. The highest BCUT2D eigenvalue weighted by atomic mass is 19.1. The van der Waals surface area contributed by atoms with Gasteiger partial charge >= 0.3 is 0 Å². The first kappa shape index (κ1) is 17.6. The van der Waals surface area contributed by atoms with E-state index >= 15 is 0 Å². The maximum absolute atomic E-state index is 13.9. The summed E-state index contributed by atoms with van der Waals surface area (Å²) in [5, 5.41) is 11.9. The van der Waals surface area contributed by atoms with Crippen molar-refractivity contribution in [2.75, 3.05) is 17.3 Å². The number of nitrogens with one attached hydrogen (secondary N) is 2. The largest absolute Gasteiger partial charge is 0.497 e. The van der Waals surface area contributed by atoms with Crippen molar-refractivity contribution >= 4 is 23.3 Å². The third kappa shape index (κ3) is 2.84. The van der Waals surface area contributed by atoms with Crippen LogP contribution in [0.5, 0.6) is 5.75 Å². The normalized spacial score (nSPS) is 15.7. The second-order valence-electron chi connectivity index (χ2n) is 6.23. The van der Waals surface area contributed by atoms with E-state index in [2.05, 4.69) is 5.32 Å². The third-order valence-corrected chi connectivity index (χ3v) is 4.61. The fraction of sp³-hybridized carbons (Fsp3) is 0.100. The first-order chi connectivity index (χ1) is 13.5. The van der Waals surface area contributed by atoms with E-state index in [0.29, 0.717) is 28.4 Å². The number of halogens is 1. The molecule has 142 valence electrons. The van der Waals surface area contributed by atoms with E-state index in [0.717, 1.165) is 0 Å². The van der Waals surface area contributed by atoms with Crippen LogP contribution in [-0.4, -0.2) is 18.9 Å². The van der Waals surface area contributed by atoms with Crippen LogP contribution < -0.4 is 20.7 Å². The number of hydrogen-bond donors (Lipinski definition) is 3.